The van der Waals surface area contributed by atoms with Crippen molar-refractivity contribution in [3.63, 3.8) is 0 Å². The summed E-state index contributed by atoms with van der Waals surface area (Å²) < 4.78 is 22.4. The second kappa shape index (κ2) is 15.0. The van der Waals surface area contributed by atoms with E-state index in [0.29, 0.717) is 45.3 Å². The summed E-state index contributed by atoms with van der Waals surface area (Å²) >= 11 is 0. The Labute approximate surface area is 288 Å². The molecule has 260 valence electrons. The first kappa shape index (κ1) is 36.8. The van der Waals surface area contributed by atoms with Crippen molar-refractivity contribution in [2.45, 2.75) is 51.0 Å². The fourth-order valence-corrected chi connectivity index (χ4v) is 6.13. The van der Waals surface area contributed by atoms with Gasteiger partial charge in [-0.25, -0.2) is 0 Å². The van der Waals surface area contributed by atoms with E-state index in [4.69, 9.17) is 18.9 Å². The first-order chi connectivity index (χ1) is 23.3. The molecule has 10 heteroatoms. The molecule has 2 amide bonds. The predicted molar refractivity (Wildman–Crippen MR) is 187 cm³/mol. The Morgan fingerprint density at radius 1 is 0.510 bits per heavy atom. The number of methoxy groups -OCH3 is 4. The van der Waals surface area contributed by atoms with Gasteiger partial charge in [0.25, 0.3) is 0 Å². The highest BCUT2D eigenvalue weighted by atomic mass is 16.5. The zero-order valence-electron chi connectivity index (χ0n) is 29.2. The zero-order chi connectivity index (χ0) is 36.0. The topological polar surface area (TPSA) is 136 Å². The van der Waals surface area contributed by atoms with Gasteiger partial charge in [-0.05, 0) is 52.0 Å². The van der Waals surface area contributed by atoms with Gasteiger partial charge in [-0.1, -0.05) is 72.8 Å². The number of ether oxygens (including phenoxy) is 4. The fraction of sp³-hybridized carbons (Fsp3) is 0.333. The summed E-state index contributed by atoms with van der Waals surface area (Å²) in [5.74, 6) is 0.270. The first-order valence-electron chi connectivity index (χ1n) is 15.9. The summed E-state index contributed by atoms with van der Waals surface area (Å²) in [5.41, 5.74) is -3.79. The molecular formula is C39H46N2O8. The summed E-state index contributed by atoms with van der Waals surface area (Å²) in [6.45, 7) is 6.26. The molecule has 0 radical (unpaired) electrons. The number of aliphatic hydroxyl groups is 2. The minimum absolute atomic E-state index is 0.393. The van der Waals surface area contributed by atoms with Crippen LogP contribution in [0, 0.1) is 5.41 Å². The molecule has 0 bridgehead atoms. The van der Waals surface area contributed by atoms with E-state index in [2.05, 4.69) is 10.6 Å². The molecule has 0 heterocycles. The van der Waals surface area contributed by atoms with Crippen molar-refractivity contribution in [1.29, 1.82) is 0 Å². The van der Waals surface area contributed by atoms with Crippen LogP contribution < -0.4 is 29.6 Å². The van der Waals surface area contributed by atoms with Crippen LogP contribution in [0.1, 0.15) is 49.9 Å². The van der Waals surface area contributed by atoms with Gasteiger partial charge in [-0.2, -0.15) is 0 Å². The maximum absolute atomic E-state index is 14.1. The third kappa shape index (κ3) is 6.79. The van der Waals surface area contributed by atoms with Gasteiger partial charge in [0.2, 0.25) is 11.8 Å². The first-order valence-corrected chi connectivity index (χ1v) is 15.9. The lowest BCUT2D eigenvalue weighted by atomic mass is 9.78. The van der Waals surface area contributed by atoms with Crippen LogP contribution in [0.4, 0.5) is 0 Å². The van der Waals surface area contributed by atoms with Gasteiger partial charge in [0.05, 0.1) is 40.5 Å². The summed E-state index contributed by atoms with van der Waals surface area (Å²) in [4.78, 5) is 28.1. The normalized spacial score (nSPS) is 13.1. The van der Waals surface area contributed by atoms with Gasteiger partial charge in [0, 0.05) is 22.3 Å². The molecule has 0 fully saturated rings. The summed E-state index contributed by atoms with van der Waals surface area (Å²) in [6, 6.07) is 25.9. The van der Waals surface area contributed by atoms with Crippen LogP contribution in [0.5, 0.6) is 23.0 Å². The third-order valence-corrected chi connectivity index (χ3v) is 9.15. The molecule has 0 aliphatic carbocycles. The Morgan fingerprint density at radius 2 is 0.735 bits per heavy atom. The van der Waals surface area contributed by atoms with Crippen LogP contribution in [-0.2, 0) is 20.8 Å². The van der Waals surface area contributed by atoms with Crippen molar-refractivity contribution >= 4 is 11.8 Å². The molecule has 10 nitrogen and oxygen atoms in total. The lowest BCUT2D eigenvalue weighted by Gasteiger charge is -2.40. The monoisotopic (exact) mass is 670 g/mol. The average molecular weight is 671 g/mol. The second-order valence-electron chi connectivity index (χ2n) is 12.3. The minimum atomic E-state index is -1.84. The number of nitrogens with one attached hydrogen (secondary N) is 2. The molecule has 0 aromatic heterocycles. The fourth-order valence-electron chi connectivity index (χ4n) is 6.13. The maximum atomic E-state index is 14.1. The molecule has 0 aliphatic rings. The number of carbonyl (C=O) groups is 2. The van der Waals surface area contributed by atoms with Crippen LogP contribution in [-0.4, -0.2) is 62.6 Å². The number of para-hydroxylation sites is 4. The van der Waals surface area contributed by atoms with Crippen LogP contribution in [0.3, 0.4) is 0 Å². The highest BCUT2D eigenvalue weighted by molar-refractivity contribution is 6.04. The quantitative estimate of drug-likeness (QED) is 0.139. The van der Waals surface area contributed by atoms with Crippen molar-refractivity contribution in [2.75, 3.05) is 28.4 Å². The number of benzene rings is 4. The molecule has 2 atom stereocenters. The standard InChI is InChI=1S/C39H46N2O8/c1-25(38(44,27-17-9-13-21-31(27)46-5)28-18-10-14-22-32(28)47-6)40-35(42)37(3,4)36(43)41-26(2)39(45,29-19-11-15-23-33(29)48-7)30-20-12-16-24-34(30)49-8/h9-26,44-45H,1-8H3,(H,40,42)(H,41,43). The van der Waals surface area contributed by atoms with Gasteiger partial charge in [0.1, 0.15) is 39.6 Å². The number of hydrogen-bond acceptors (Lipinski definition) is 8. The zero-order valence-corrected chi connectivity index (χ0v) is 29.2. The van der Waals surface area contributed by atoms with Crippen LogP contribution in [0.2, 0.25) is 0 Å². The van der Waals surface area contributed by atoms with Crippen molar-refractivity contribution in [3.8, 4) is 23.0 Å². The number of hydrogen-bond donors (Lipinski definition) is 4. The highest BCUT2D eigenvalue weighted by Gasteiger charge is 2.48. The molecule has 0 spiro atoms. The Bertz CT molecular complexity index is 1550. The van der Waals surface area contributed by atoms with E-state index in [9.17, 15) is 19.8 Å². The molecule has 4 aromatic rings. The molecule has 2 unspecified atom stereocenters. The largest absolute Gasteiger partial charge is 0.496 e. The summed E-state index contributed by atoms with van der Waals surface area (Å²) in [6.07, 6.45) is 0. The number of carbonyl (C=O) groups excluding carboxylic acids is 2. The molecular weight excluding hydrogens is 624 g/mol. The van der Waals surface area contributed by atoms with Crippen LogP contribution in [0.25, 0.3) is 0 Å². The molecule has 0 saturated heterocycles. The van der Waals surface area contributed by atoms with E-state index >= 15 is 0 Å². The van der Waals surface area contributed by atoms with Crippen molar-refractivity contribution in [2.24, 2.45) is 5.41 Å². The van der Waals surface area contributed by atoms with Crippen molar-refractivity contribution in [1.82, 2.24) is 10.6 Å². The maximum Gasteiger partial charge on any atom is 0.235 e. The SMILES string of the molecule is COc1ccccc1C(O)(c1ccccc1OC)C(C)NC(=O)C(C)(C)C(=O)NC(C)C(O)(c1ccccc1OC)c1ccccc1OC. The number of rotatable bonds is 14. The second-order valence-corrected chi connectivity index (χ2v) is 12.3. The van der Waals surface area contributed by atoms with Gasteiger partial charge in [-0.15, -0.1) is 0 Å². The lowest BCUT2D eigenvalue weighted by molar-refractivity contribution is -0.144. The molecule has 49 heavy (non-hydrogen) atoms. The Balaban J connectivity index is 1.70. The van der Waals surface area contributed by atoms with Crippen LogP contribution in [0.15, 0.2) is 97.1 Å². The number of amides is 2. The molecule has 4 N–H and O–H groups in total. The highest BCUT2D eigenvalue weighted by Crippen LogP contribution is 2.44. The predicted octanol–water partition coefficient (Wildman–Crippen LogP) is 4.93. The summed E-state index contributed by atoms with van der Waals surface area (Å²) in [7, 11) is 5.99. The smallest absolute Gasteiger partial charge is 0.235 e. The van der Waals surface area contributed by atoms with Gasteiger partial charge in [-0.3, -0.25) is 9.59 Å². The van der Waals surface area contributed by atoms with Crippen LogP contribution >= 0.6 is 0 Å². The molecule has 4 aromatic carbocycles. The van der Waals surface area contributed by atoms with E-state index in [0.717, 1.165) is 0 Å². The van der Waals surface area contributed by atoms with Gasteiger partial charge < -0.3 is 39.8 Å². The Kier molecular flexibility index (Phi) is 11.3. The van der Waals surface area contributed by atoms with E-state index in [-0.39, 0.29) is 0 Å². The van der Waals surface area contributed by atoms with Crippen molar-refractivity contribution in [3.05, 3.63) is 119 Å². The molecule has 0 saturated carbocycles. The molecule has 4 rings (SSSR count). The Morgan fingerprint density at radius 3 is 0.959 bits per heavy atom. The Hall–Kier alpha value is -5.06. The van der Waals surface area contributed by atoms with Crippen molar-refractivity contribution < 1.29 is 38.7 Å². The van der Waals surface area contributed by atoms with Gasteiger partial charge >= 0.3 is 0 Å². The van der Waals surface area contributed by atoms with E-state index in [1.807, 2.05) is 0 Å². The van der Waals surface area contributed by atoms with Gasteiger partial charge in [0.15, 0.2) is 0 Å². The summed E-state index contributed by atoms with van der Waals surface area (Å²) in [5, 5.41) is 30.9. The van der Waals surface area contributed by atoms with E-state index in [1.165, 1.54) is 42.3 Å². The van der Waals surface area contributed by atoms with E-state index < -0.39 is 40.5 Å². The average Bonchev–Trinajstić information content (AvgIpc) is 3.13. The third-order valence-electron chi connectivity index (χ3n) is 9.15. The lowest BCUT2D eigenvalue weighted by Crippen LogP contribution is -2.58. The minimum Gasteiger partial charge on any atom is -0.496 e. The van der Waals surface area contributed by atoms with E-state index in [1.54, 1.807) is 111 Å². The molecule has 0 aliphatic heterocycles.